The van der Waals surface area contributed by atoms with E-state index in [-0.39, 0.29) is 6.54 Å². The maximum atomic E-state index is 9.24. The van der Waals surface area contributed by atoms with Crippen LogP contribution in [0.3, 0.4) is 0 Å². The lowest BCUT2D eigenvalue weighted by Gasteiger charge is -1.85. The third-order valence-corrected chi connectivity index (χ3v) is 1.21. The number of carbonyl (C=O) groups is 1. The van der Waals surface area contributed by atoms with E-state index in [4.69, 9.17) is 5.11 Å². The maximum Gasteiger partial charge on any atom is 0.317 e. The number of hydrogen-bond donors (Lipinski definition) is 2. The summed E-state index contributed by atoms with van der Waals surface area (Å²) in [5, 5.41) is 7.60. The van der Waals surface area contributed by atoms with E-state index in [1.54, 1.807) is 0 Å². The molecule has 1 aromatic carbocycles. The molecule has 1 aromatic rings. The Morgan fingerprint density at radius 3 is 2.15 bits per heavy atom. The first-order valence-corrected chi connectivity index (χ1v) is 3.80. The molecule has 0 aliphatic heterocycles. The first kappa shape index (κ1) is 11.4. The van der Waals surface area contributed by atoms with Crippen molar-refractivity contribution in [3.8, 4) is 0 Å². The lowest BCUT2D eigenvalue weighted by Crippen LogP contribution is -2.10. The summed E-state index contributed by atoms with van der Waals surface area (Å²) in [7, 11) is 0. The van der Waals surface area contributed by atoms with Crippen LogP contribution in [0.5, 0.6) is 0 Å². The van der Waals surface area contributed by atoms with Gasteiger partial charge in [-0.05, 0) is 5.56 Å². The molecule has 0 bridgehead atoms. The molecule has 3 heteroatoms. The summed E-state index contributed by atoms with van der Waals surface area (Å²) in [6, 6.07) is 10.0. The summed E-state index contributed by atoms with van der Waals surface area (Å²) < 4.78 is 0. The highest BCUT2D eigenvalue weighted by atomic mass is 16.4. The summed E-state index contributed by atoms with van der Waals surface area (Å²) in [5.41, 5.74) is 5.75. The Balaban J connectivity index is 0.000000252. The van der Waals surface area contributed by atoms with Gasteiger partial charge in [-0.15, -0.1) is 0 Å². The Kier molecular flexibility index (Phi) is 6.19. The molecule has 0 amide bonds. The summed E-state index contributed by atoms with van der Waals surface area (Å²) in [6.45, 7) is 3.35. The maximum absolute atomic E-state index is 9.24. The third-order valence-electron chi connectivity index (χ3n) is 1.21. The minimum Gasteiger partial charge on any atom is -0.480 e. The summed E-state index contributed by atoms with van der Waals surface area (Å²) in [5.74, 6) is -0.968. The molecule has 13 heavy (non-hydrogen) atoms. The molecule has 0 radical (unpaired) electrons. The number of carboxylic acid groups (broad SMARTS) is 1. The van der Waals surface area contributed by atoms with Crippen LogP contribution in [0.25, 0.3) is 6.08 Å². The lowest BCUT2D eigenvalue weighted by molar-refractivity contribution is -0.135. The number of nitrogens with two attached hydrogens (primary N) is 1. The first-order chi connectivity index (χ1) is 6.20. The molecule has 0 aliphatic rings. The van der Waals surface area contributed by atoms with Crippen molar-refractivity contribution in [3.05, 3.63) is 42.5 Å². The van der Waals surface area contributed by atoms with Crippen LogP contribution >= 0.6 is 0 Å². The molecule has 0 heterocycles. The zero-order valence-corrected chi connectivity index (χ0v) is 7.31. The van der Waals surface area contributed by atoms with Crippen LogP contribution in [0, 0.1) is 0 Å². The van der Waals surface area contributed by atoms with Gasteiger partial charge in [0.1, 0.15) is 0 Å². The van der Waals surface area contributed by atoms with Crippen LogP contribution in [-0.2, 0) is 4.79 Å². The molecule has 0 atom stereocenters. The van der Waals surface area contributed by atoms with Crippen molar-refractivity contribution in [3.63, 3.8) is 0 Å². The monoisotopic (exact) mass is 179 g/mol. The number of aliphatic carboxylic acids is 1. The third kappa shape index (κ3) is 6.77. The molecule has 0 spiro atoms. The zero-order valence-electron chi connectivity index (χ0n) is 7.31. The number of hydrogen-bond acceptors (Lipinski definition) is 2. The van der Waals surface area contributed by atoms with Gasteiger partial charge in [0.15, 0.2) is 0 Å². The van der Waals surface area contributed by atoms with Gasteiger partial charge in [0.05, 0.1) is 6.54 Å². The second kappa shape index (κ2) is 7.06. The number of rotatable bonds is 2. The van der Waals surface area contributed by atoms with Gasteiger partial charge >= 0.3 is 5.97 Å². The fourth-order valence-electron chi connectivity index (χ4n) is 0.589. The smallest absolute Gasteiger partial charge is 0.317 e. The van der Waals surface area contributed by atoms with Gasteiger partial charge in [-0.2, -0.15) is 0 Å². The normalized spacial score (nSPS) is 8.08. The van der Waals surface area contributed by atoms with Gasteiger partial charge < -0.3 is 10.8 Å². The van der Waals surface area contributed by atoms with E-state index in [1.165, 1.54) is 5.56 Å². The van der Waals surface area contributed by atoms with Gasteiger partial charge in [-0.3, -0.25) is 4.79 Å². The molecule has 0 saturated carbocycles. The van der Waals surface area contributed by atoms with Gasteiger partial charge in [0.2, 0.25) is 0 Å². The van der Waals surface area contributed by atoms with Crippen LogP contribution in [0.1, 0.15) is 5.56 Å². The van der Waals surface area contributed by atoms with Crippen LogP contribution in [-0.4, -0.2) is 17.6 Å². The molecule has 70 valence electrons. The second-order valence-corrected chi connectivity index (χ2v) is 2.21. The Bertz CT molecular complexity index is 257. The quantitative estimate of drug-likeness (QED) is 0.720. The van der Waals surface area contributed by atoms with Crippen LogP contribution < -0.4 is 5.73 Å². The number of carboxylic acids is 1. The molecule has 0 aromatic heterocycles. The average molecular weight is 179 g/mol. The van der Waals surface area contributed by atoms with E-state index >= 15 is 0 Å². The first-order valence-electron chi connectivity index (χ1n) is 3.80. The zero-order chi connectivity index (χ0) is 10.1. The summed E-state index contributed by atoms with van der Waals surface area (Å²) >= 11 is 0. The highest BCUT2D eigenvalue weighted by molar-refractivity contribution is 5.68. The molecule has 3 N–H and O–H groups in total. The molecule has 0 unspecified atom stereocenters. The van der Waals surface area contributed by atoms with Crippen molar-refractivity contribution < 1.29 is 9.90 Å². The minimum atomic E-state index is -0.968. The standard InChI is InChI=1S/C8H8.C2H5NO2/c1-2-8-6-4-3-5-7-8;3-1-2(4)5/h2-7H,1H2;1,3H2,(H,4,5). The Hall–Kier alpha value is -1.61. The predicted molar refractivity (Wildman–Crippen MR) is 53.2 cm³/mol. The fourth-order valence-corrected chi connectivity index (χ4v) is 0.589. The van der Waals surface area contributed by atoms with Crippen LogP contribution in [0.4, 0.5) is 0 Å². The van der Waals surface area contributed by atoms with Crippen molar-refractivity contribution in [1.29, 1.82) is 0 Å². The largest absolute Gasteiger partial charge is 0.480 e. The predicted octanol–water partition coefficient (Wildman–Crippen LogP) is 1.36. The SMILES string of the molecule is C=Cc1ccccc1.NCC(=O)O. The van der Waals surface area contributed by atoms with Crippen molar-refractivity contribution in [2.24, 2.45) is 5.73 Å². The second-order valence-electron chi connectivity index (χ2n) is 2.21. The van der Waals surface area contributed by atoms with Crippen molar-refractivity contribution in [2.75, 3.05) is 6.54 Å². The Labute approximate surface area is 77.5 Å². The van der Waals surface area contributed by atoms with Gasteiger partial charge in [0.25, 0.3) is 0 Å². The van der Waals surface area contributed by atoms with Gasteiger partial charge in [-0.1, -0.05) is 43.0 Å². The Morgan fingerprint density at radius 2 is 1.92 bits per heavy atom. The molecule has 0 saturated heterocycles. The Morgan fingerprint density at radius 1 is 1.46 bits per heavy atom. The van der Waals surface area contributed by atoms with E-state index in [2.05, 4.69) is 12.3 Å². The van der Waals surface area contributed by atoms with Gasteiger partial charge in [0, 0.05) is 0 Å². The highest BCUT2D eigenvalue weighted by Crippen LogP contribution is 1.97. The molecule has 3 nitrogen and oxygen atoms in total. The molecular formula is C10H13NO2. The van der Waals surface area contributed by atoms with Crippen molar-refractivity contribution in [1.82, 2.24) is 0 Å². The highest BCUT2D eigenvalue weighted by Gasteiger charge is 1.81. The number of benzene rings is 1. The van der Waals surface area contributed by atoms with E-state index in [1.807, 2.05) is 36.4 Å². The van der Waals surface area contributed by atoms with E-state index in [0.29, 0.717) is 0 Å². The topological polar surface area (TPSA) is 63.3 Å². The van der Waals surface area contributed by atoms with E-state index in [9.17, 15) is 4.79 Å². The van der Waals surface area contributed by atoms with Crippen LogP contribution in [0.2, 0.25) is 0 Å². The molecular weight excluding hydrogens is 166 g/mol. The molecule has 1 rings (SSSR count). The van der Waals surface area contributed by atoms with Crippen molar-refractivity contribution in [2.45, 2.75) is 0 Å². The summed E-state index contributed by atoms with van der Waals surface area (Å²) in [6.07, 6.45) is 1.83. The molecule has 0 fully saturated rings. The molecule has 0 aliphatic carbocycles. The van der Waals surface area contributed by atoms with E-state index in [0.717, 1.165) is 0 Å². The van der Waals surface area contributed by atoms with Crippen LogP contribution in [0.15, 0.2) is 36.9 Å². The fraction of sp³-hybridized carbons (Fsp3) is 0.100. The van der Waals surface area contributed by atoms with Crippen molar-refractivity contribution >= 4 is 12.0 Å². The summed E-state index contributed by atoms with van der Waals surface area (Å²) in [4.78, 5) is 9.24. The lowest BCUT2D eigenvalue weighted by atomic mass is 10.2. The minimum absolute atomic E-state index is 0.278. The van der Waals surface area contributed by atoms with Gasteiger partial charge in [-0.25, -0.2) is 0 Å². The van der Waals surface area contributed by atoms with E-state index < -0.39 is 5.97 Å². The average Bonchev–Trinajstić information content (AvgIpc) is 2.20.